The van der Waals surface area contributed by atoms with Crippen LogP contribution in [0.3, 0.4) is 0 Å². The van der Waals surface area contributed by atoms with Gasteiger partial charge in [-0.15, -0.1) is 6.58 Å². The molecule has 3 aromatic rings. The summed E-state index contributed by atoms with van der Waals surface area (Å²) in [7, 11) is 1.62. The van der Waals surface area contributed by atoms with E-state index in [1.165, 1.54) is 11.1 Å². The molecule has 1 unspecified atom stereocenters. The Labute approximate surface area is 196 Å². The average molecular weight is 442 g/mol. The summed E-state index contributed by atoms with van der Waals surface area (Å²) in [5.74, 6) is 0.635. The molecule has 0 spiro atoms. The molecule has 0 radical (unpaired) electrons. The van der Waals surface area contributed by atoms with Gasteiger partial charge in [0.2, 0.25) is 0 Å². The minimum absolute atomic E-state index is 0.124. The van der Waals surface area contributed by atoms with Gasteiger partial charge in [0.25, 0.3) is 5.91 Å². The third kappa shape index (κ3) is 5.69. The fourth-order valence-electron chi connectivity index (χ4n) is 4.33. The molecule has 0 saturated carbocycles. The van der Waals surface area contributed by atoms with Crippen LogP contribution in [0.5, 0.6) is 5.75 Å². The molecule has 1 amide bonds. The van der Waals surface area contributed by atoms with E-state index in [9.17, 15) is 4.79 Å². The summed E-state index contributed by atoms with van der Waals surface area (Å²) in [5.41, 5.74) is 3.84. The third-order valence-corrected chi connectivity index (χ3v) is 6.11. The lowest BCUT2D eigenvalue weighted by Gasteiger charge is -2.39. The van der Waals surface area contributed by atoms with Crippen LogP contribution < -0.4 is 10.1 Å². The second-order valence-corrected chi connectivity index (χ2v) is 8.24. The minimum Gasteiger partial charge on any atom is -0.497 e. The molecule has 1 heterocycles. The Balaban J connectivity index is 1.50. The molecule has 3 aromatic carbocycles. The topological polar surface area (TPSA) is 44.8 Å². The van der Waals surface area contributed by atoms with Crippen molar-refractivity contribution in [2.45, 2.75) is 6.04 Å². The maximum absolute atomic E-state index is 12.8. The maximum atomic E-state index is 12.8. The molecule has 1 atom stereocenters. The number of hydrogen-bond donors (Lipinski definition) is 1. The van der Waals surface area contributed by atoms with E-state index in [1.54, 1.807) is 7.11 Å². The fourth-order valence-corrected chi connectivity index (χ4v) is 4.33. The highest BCUT2D eigenvalue weighted by Gasteiger charge is 2.26. The first-order valence-electron chi connectivity index (χ1n) is 11.4. The van der Waals surface area contributed by atoms with Crippen LogP contribution >= 0.6 is 0 Å². The average Bonchev–Trinajstić information content (AvgIpc) is 2.87. The van der Waals surface area contributed by atoms with Crippen molar-refractivity contribution >= 4 is 11.6 Å². The SMILES string of the molecule is C=CCN1CCN(C(c2ccccc2)c2ccc(C(=O)Nc3ccc(OC)cc3)cc2)CC1. The lowest BCUT2D eigenvalue weighted by molar-refractivity contribution is 0.102. The molecular formula is C28H31N3O2. The number of carbonyl (C=O) groups excluding carboxylic acids is 1. The van der Waals surface area contributed by atoms with Gasteiger partial charge in [0.1, 0.15) is 5.75 Å². The summed E-state index contributed by atoms with van der Waals surface area (Å²) in [5, 5.41) is 2.95. The third-order valence-electron chi connectivity index (χ3n) is 6.11. The zero-order valence-electron chi connectivity index (χ0n) is 19.1. The van der Waals surface area contributed by atoms with E-state index in [1.807, 2.05) is 42.5 Å². The van der Waals surface area contributed by atoms with Gasteiger partial charge in [-0.3, -0.25) is 14.6 Å². The second-order valence-electron chi connectivity index (χ2n) is 8.24. The summed E-state index contributed by atoms with van der Waals surface area (Å²) in [4.78, 5) is 17.7. The molecule has 0 aromatic heterocycles. The number of rotatable bonds is 8. The number of nitrogens with one attached hydrogen (secondary N) is 1. The number of piperazine rings is 1. The van der Waals surface area contributed by atoms with Crippen molar-refractivity contribution in [3.63, 3.8) is 0 Å². The zero-order valence-corrected chi connectivity index (χ0v) is 19.1. The van der Waals surface area contributed by atoms with Crippen molar-refractivity contribution < 1.29 is 9.53 Å². The van der Waals surface area contributed by atoms with E-state index >= 15 is 0 Å². The first-order valence-corrected chi connectivity index (χ1v) is 11.4. The van der Waals surface area contributed by atoms with Crippen LogP contribution in [0, 0.1) is 0 Å². The van der Waals surface area contributed by atoms with E-state index in [0.717, 1.165) is 44.2 Å². The molecule has 1 aliphatic rings. The highest BCUT2D eigenvalue weighted by Crippen LogP contribution is 2.30. The van der Waals surface area contributed by atoms with Gasteiger partial charge in [-0.1, -0.05) is 48.5 Å². The number of amides is 1. The molecule has 1 saturated heterocycles. The monoisotopic (exact) mass is 441 g/mol. The summed E-state index contributed by atoms with van der Waals surface area (Å²) >= 11 is 0. The standard InChI is InChI=1S/C28H31N3O2/c1-3-17-30-18-20-31(21-19-30)27(22-7-5-4-6-8-22)23-9-11-24(12-10-23)28(32)29-25-13-15-26(33-2)16-14-25/h3-16,27H,1,17-21H2,2H3,(H,29,32). The number of ether oxygens (including phenoxy) is 1. The molecule has 5 nitrogen and oxygen atoms in total. The normalized spacial score (nSPS) is 15.5. The number of anilines is 1. The lowest BCUT2D eigenvalue weighted by Crippen LogP contribution is -2.47. The van der Waals surface area contributed by atoms with Gasteiger partial charge in [-0.25, -0.2) is 0 Å². The molecule has 0 aliphatic carbocycles. The quantitative estimate of drug-likeness (QED) is 0.508. The molecule has 170 valence electrons. The van der Waals surface area contributed by atoms with Crippen molar-refractivity contribution in [1.82, 2.24) is 9.80 Å². The maximum Gasteiger partial charge on any atom is 0.255 e. The molecule has 1 aliphatic heterocycles. The van der Waals surface area contributed by atoms with E-state index in [-0.39, 0.29) is 11.9 Å². The van der Waals surface area contributed by atoms with Crippen LogP contribution in [0.25, 0.3) is 0 Å². The summed E-state index contributed by atoms with van der Waals surface area (Å²) < 4.78 is 5.18. The van der Waals surface area contributed by atoms with Gasteiger partial charge in [0.15, 0.2) is 0 Å². The van der Waals surface area contributed by atoms with Crippen LogP contribution in [0.1, 0.15) is 27.5 Å². The molecule has 1 fully saturated rings. The number of benzene rings is 3. The Morgan fingerprint density at radius 3 is 2.18 bits per heavy atom. The Bertz CT molecular complexity index is 1040. The molecule has 1 N–H and O–H groups in total. The van der Waals surface area contributed by atoms with Gasteiger partial charge in [-0.2, -0.15) is 0 Å². The summed E-state index contributed by atoms with van der Waals surface area (Å²) in [6, 6.07) is 26.1. The van der Waals surface area contributed by atoms with E-state index < -0.39 is 0 Å². The van der Waals surface area contributed by atoms with E-state index in [2.05, 4.69) is 64.2 Å². The van der Waals surface area contributed by atoms with Crippen LogP contribution in [0.4, 0.5) is 5.69 Å². The zero-order chi connectivity index (χ0) is 23.0. The second kappa shape index (κ2) is 10.9. The molecule has 33 heavy (non-hydrogen) atoms. The first kappa shape index (κ1) is 22.8. The van der Waals surface area contributed by atoms with Crippen molar-refractivity contribution in [3.8, 4) is 5.75 Å². The van der Waals surface area contributed by atoms with Gasteiger partial charge in [0, 0.05) is 44.0 Å². The Kier molecular flexibility index (Phi) is 7.55. The Morgan fingerprint density at radius 1 is 0.939 bits per heavy atom. The van der Waals surface area contributed by atoms with Crippen LogP contribution in [-0.4, -0.2) is 55.5 Å². The highest BCUT2D eigenvalue weighted by atomic mass is 16.5. The van der Waals surface area contributed by atoms with Crippen molar-refractivity contribution in [2.24, 2.45) is 0 Å². The molecular weight excluding hydrogens is 410 g/mol. The van der Waals surface area contributed by atoms with Crippen LogP contribution in [-0.2, 0) is 0 Å². The fraction of sp³-hybridized carbons (Fsp3) is 0.250. The smallest absolute Gasteiger partial charge is 0.255 e. The predicted molar refractivity (Wildman–Crippen MR) is 134 cm³/mol. The largest absolute Gasteiger partial charge is 0.497 e. The van der Waals surface area contributed by atoms with Crippen molar-refractivity contribution in [2.75, 3.05) is 45.2 Å². The van der Waals surface area contributed by atoms with E-state index in [4.69, 9.17) is 4.74 Å². The highest BCUT2D eigenvalue weighted by molar-refractivity contribution is 6.04. The Morgan fingerprint density at radius 2 is 1.58 bits per heavy atom. The first-order chi connectivity index (χ1) is 16.2. The van der Waals surface area contributed by atoms with Gasteiger partial charge < -0.3 is 10.1 Å². The minimum atomic E-state index is -0.124. The van der Waals surface area contributed by atoms with Gasteiger partial charge >= 0.3 is 0 Å². The summed E-state index contributed by atoms with van der Waals surface area (Å²) in [6.07, 6.45) is 1.97. The van der Waals surface area contributed by atoms with Crippen LogP contribution in [0.15, 0.2) is 91.5 Å². The van der Waals surface area contributed by atoms with Crippen LogP contribution in [0.2, 0.25) is 0 Å². The molecule has 5 heteroatoms. The van der Waals surface area contributed by atoms with Crippen molar-refractivity contribution in [1.29, 1.82) is 0 Å². The van der Waals surface area contributed by atoms with Gasteiger partial charge in [-0.05, 0) is 47.5 Å². The number of methoxy groups -OCH3 is 1. The number of nitrogens with zero attached hydrogens (tertiary/aromatic N) is 2. The van der Waals surface area contributed by atoms with E-state index in [0.29, 0.717) is 5.56 Å². The molecule has 0 bridgehead atoms. The Hall–Kier alpha value is -3.41. The summed E-state index contributed by atoms with van der Waals surface area (Å²) in [6.45, 7) is 8.84. The predicted octanol–water partition coefficient (Wildman–Crippen LogP) is 4.84. The number of carbonyl (C=O) groups is 1. The number of hydrogen-bond acceptors (Lipinski definition) is 4. The molecule has 4 rings (SSSR count). The lowest BCUT2D eigenvalue weighted by atomic mass is 9.95. The van der Waals surface area contributed by atoms with Gasteiger partial charge in [0.05, 0.1) is 13.2 Å². The van der Waals surface area contributed by atoms with Crippen molar-refractivity contribution in [3.05, 3.63) is 108 Å².